The third kappa shape index (κ3) is 5.77. The molecule has 0 bridgehead atoms. The van der Waals surface area contributed by atoms with Crippen LogP contribution in [0.5, 0.6) is 5.75 Å². The molecule has 1 aliphatic carbocycles. The molecule has 1 aromatic rings. The van der Waals surface area contributed by atoms with E-state index in [2.05, 4.69) is 26.0 Å². The van der Waals surface area contributed by atoms with Crippen LogP contribution in [0.25, 0.3) is 0 Å². The molecule has 1 N–H and O–H groups in total. The van der Waals surface area contributed by atoms with Crippen molar-refractivity contribution in [1.29, 1.82) is 0 Å². The van der Waals surface area contributed by atoms with Crippen molar-refractivity contribution in [3.8, 4) is 5.75 Å². The number of hydrogen-bond acceptors (Lipinski definition) is 2. The first kappa shape index (κ1) is 16.5. The Labute approximate surface area is 131 Å². The van der Waals surface area contributed by atoms with Crippen LogP contribution in [-0.4, -0.2) is 12.9 Å². The van der Waals surface area contributed by atoms with E-state index in [1.54, 1.807) is 12.1 Å². The molecule has 1 fully saturated rings. The Morgan fingerprint density at radius 1 is 1.19 bits per heavy atom. The first-order valence-electron chi connectivity index (χ1n) is 7.23. The SMILES string of the molecule is FC(F)(F)Oc1ccc(NCCC2CCCCC2)cc1Br. The fourth-order valence-electron chi connectivity index (χ4n) is 2.71. The number of halogens is 4. The minimum atomic E-state index is -4.67. The highest BCUT2D eigenvalue weighted by Crippen LogP contribution is 2.32. The van der Waals surface area contributed by atoms with Gasteiger partial charge in [-0.15, -0.1) is 13.2 Å². The van der Waals surface area contributed by atoms with Gasteiger partial charge < -0.3 is 10.1 Å². The van der Waals surface area contributed by atoms with Crippen LogP contribution >= 0.6 is 15.9 Å². The van der Waals surface area contributed by atoms with Gasteiger partial charge in [0.15, 0.2) is 0 Å². The summed E-state index contributed by atoms with van der Waals surface area (Å²) >= 11 is 3.10. The molecule has 0 aromatic heterocycles. The van der Waals surface area contributed by atoms with Gasteiger partial charge in [-0.1, -0.05) is 32.1 Å². The number of anilines is 1. The highest BCUT2D eigenvalue weighted by Gasteiger charge is 2.31. The topological polar surface area (TPSA) is 21.3 Å². The Balaban J connectivity index is 1.82. The average Bonchev–Trinajstić information content (AvgIpc) is 2.42. The molecule has 0 saturated heterocycles. The molecule has 118 valence electrons. The second-order valence-corrected chi connectivity index (χ2v) is 6.27. The van der Waals surface area contributed by atoms with Crippen LogP contribution in [0.1, 0.15) is 38.5 Å². The molecule has 1 aromatic carbocycles. The fourth-order valence-corrected chi connectivity index (χ4v) is 3.17. The first-order valence-corrected chi connectivity index (χ1v) is 8.02. The van der Waals surface area contributed by atoms with E-state index in [-0.39, 0.29) is 5.75 Å². The zero-order valence-electron chi connectivity index (χ0n) is 11.7. The molecule has 0 aliphatic heterocycles. The van der Waals surface area contributed by atoms with Crippen LogP contribution in [0, 0.1) is 5.92 Å². The molecular weight excluding hydrogens is 347 g/mol. The van der Waals surface area contributed by atoms with Crippen molar-refractivity contribution in [3.05, 3.63) is 22.7 Å². The summed E-state index contributed by atoms with van der Waals surface area (Å²) in [5.74, 6) is 0.558. The van der Waals surface area contributed by atoms with Crippen LogP contribution in [0.2, 0.25) is 0 Å². The third-order valence-corrected chi connectivity index (χ3v) is 4.38. The van der Waals surface area contributed by atoms with E-state index in [4.69, 9.17) is 0 Å². The predicted molar refractivity (Wildman–Crippen MR) is 80.5 cm³/mol. The van der Waals surface area contributed by atoms with Gasteiger partial charge in [0, 0.05) is 12.2 Å². The summed E-state index contributed by atoms with van der Waals surface area (Å²) < 4.78 is 40.7. The molecule has 2 nitrogen and oxygen atoms in total. The van der Waals surface area contributed by atoms with Crippen molar-refractivity contribution < 1.29 is 17.9 Å². The van der Waals surface area contributed by atoms with Crippen molar-refractivity contribution in [2.45, 2.75) is 44.9 Å². The van der Waals surface area contributed by atoms with Gasteiger partial charge in [0.2, 0.25) is 0 Å². The molecule has 2 rings (SSSR count). The molecule has 6 heteroatoms. The van der Waals surface area contributed by atoms with E-state index in [1.165, 1.54) is 38.2 Å². The maximum atomic E-state index is 12.2. The van der Waals surface area contributed by atoms with Crippen LogP contribution in [0.3, 0.4) is 0 Å². The number of nitrogens with one attached hydrogen (secondary N) is 1. The number of ether oxygens (including phenoxy) is 1. The number of rotatable bonds is 5. The normalized spacial score (nSPS) is 16.8. The Kier molecular flexibility index (Phi) is 5.79. The molecule has 0 atom stereocenters. The highest BCUT2D eigenvalue weighted by molar-refractivity contribution is 9.10. The fraction of sp³-hybridized carbons (Fsp3) is 0.600. The summed E-state index contributed by atoms with van der Waals surface area (Å²) in [6.45, 7) is 0.844. The van der Waals surface area contributed by atoms with Crippen molar-refractivity contribution in [2.24, 2.45) is 5.92 Å². The summed E-state index contributed by atoms with van der Waals surface area (Å²) in [5.41, 5.74) is 0.798. The molecule has 1 aliphatic rings. The first-order chi connectivity index (χ1) is 9.94. The molecule has 0 heterocycles. The number of benzene rings is 1. The van der Waals surface area contributed by atoms with Crippen LogP contribution in [0.4, 0.5) is 18.9 Å². The third-order valence-electron chi connectivity index (χ3n) is 3.76. The average molecular weight is 366 g/mol. The lowest BCUT2D eigenvalue weighted by atomic mass is 9.87. The van der Waals surface area contributed by atoms with Crippen LogP contribution in [-0.2, 0) is 0 Å². The summed E-state index contributed by atoms with van der Waals surface area (Å²) in [6, 6.07) is 4.54. The van der Waals surface area contributed by atoms with Gasteiger partial charge in [0.1, 0.15) is 5.75 Å². The number of hydrogen-bond donors (Lipinski definition) is 1. The molecular formula is C15H19BrF3NO. The Hall–Kier alpha value is -0.910. The van der Waals surface area contributed by atoms with Crippen molar-refractivity contribution in [2.75, 3.05) is 11.9 Å². The zero-order chi connectivity index (χ0) is 15.3. The predicted octanol–water partition coefficient (Wildman–Crippen LogP) is 5.73. The molecule has 0 unspecified atom stereocenters. The van der Waals surface area contributed by atoms with Gasteiger partial charge in [-0.05, 0) is 46.5 Å². The van der Waals surface area contributed by atoms with Gasteiger partial charge in [0.25, 0.3) is 0 Å². The van der Waals surface area contributed by atoms with Crippen molar-refractivity contribution in [3.63, 3.8) is 0 Å². The van der Waals surface area contributed by atoms with Gasteiger partial charge in [-0.3, -0.25) is 0 Å². The van der Waals surface area contributed by atoms with Gasteiger partial charge in [0.05, 0.1) is 4.47 Å². The summed E-state index contributed by atoms with van der Waals surface area (Å²) in [5, 5.41) is 3.26. The van der Waals surface area contributed by atoms with E-state index in [0.29, 0.717) is 4.47 Å². The highest BCUT2D eigenvalue weighted by atomic mass is 79.9. The van der Waals surface area contributed by atoms with Gasteiger partial charge >= 0.3 is 6.36 Å². The van der Waals surface area contributed by atoms with Crippen molar-refractivity contribution >= 4 is 21.6 Å². The summed E-state index contributed by atoms with van der Waals surface area (Å²) in [6.07, 6.45) is 3.02. The molecule has 0 amide bonds. The number of alkyl halides is 3. The minimum Gasteiger partial charge on any atom is -0.405 e. The summed E-state index contributed by atoms with van der Waals surface area (Å²) in [7, 11) is 0. The molecule has 0 spiro atoms. The second kappa shape index (κ2) is 7.38. The quantitative estimate of drug-likeness (QED) is 0.719. The monoisotopic (exact) mass is 365 g/mol. The second-order valence-electron chi connectivity index (χ2n) is 5.41. The maximum absolute atomic E-state index is 12.2. The smallest absolute Gasteiger partial charge is 0.405 e. The molecule has 0 radical (unpaired) electrons. The largest absolute Gasteiger partial charge is 0.573 e. The van der Waals surface area contributed by atoms with E-state index < -0.39 is 6.36 Å². The van der Waals surface area contributed by atoms with E-state index in [0.717, 1.165) is 24.6 Å². The lowest BCUT2D eigenvalue weighted by Crippen LogP contribution is -2.17. The van der Waals surface area contributed by atoms with E-state index in [9.17, 15) is 13.2 Å². The molecule has 21 heavy (non-hydrogen) atoms. The van der Waals surface area contributed by atoms with Crippen molar-refractivity contribution in [1.82, 2.24) is 0 Å². The molecule has 1 saturated carbocycles. The Morgan fingerprint density at radius 2 is 1.90 bits per heavy atom. The van der Waals surface area contributed by atoms with E-state index in [1.807, 2.05) is 0 Å². The van der Waals surface area contributed by atoms with Crippen LogP contribution < -0.4 is 10.1 Å². The van der Waals surface area contributed by atoms with Gasteiger partial charge in [-0.2, -0.15) is 0 Å². The van der Waals surface area contributed by atoms with E-state index >= 15 is 0 Å². The summed E-state index contributed by atoms with van der Waals surface area (Å²) in [4.78, 5) is 0. The Morgan fingerprint density at radius 3 is 2.52 bits per heavy atom. The zero-order valence-corrected chi connectivity index (χ0v) is 13.3. The maximum Gasteiger partial charge on any atom is 0.573 e. The lowest BCUT2D eigenvalue weighted by Gasteiger charge is -2.21. The van der Waals surface area contributed by atoms with Gasteiger partial charge in [-0.25, -0.2) is 0 Å². The Bertz CT molecular complexity index is 459. The minimum absolute atomic E-state index is 0.222. The lowest BCUT2D eigenvalue weighted by molar-refractivity contribution is -0.274. The standard InChI is InChI=1S/C15H19BrF3NO/c16-13-10-12(6-7-14(13)21-15(17,18)19)20-9-8-11-4-2-1-3-5-11/h6-7,10-11,20H,1-5,8-9H2. The van der Waals surface area contributed by atoms with Crippen LogP contribution in [0.15, 0.2) is 22.7 Å².